The van der Waals surface area contributed by atoms with Gasteiger partial charge in [0.25, 0.3) is 0 Å². The van der Waals surface area contributed by atoms with E-state index in [0.29, 0.717) is 18.5 Å². The van der Waals surface area contributed by atoms with Crippen molar-refractivity contribution in [1.82, 2.24) is 10.2 Å². The molecule has 0 saturated heterocycles. The fourth-order valence-electron chi connectivity index (χ4n) is 3.45. The summed E-state index contributed by atoms with van der Waals surface area (Å²) >= 11 is 0. The summed E-state index contributed by atoms with van der Waals surface area (Å²) in [6.07, 6.45) is 8.14. The molecule has 0 fully saturated rings. The Morgan fingerprint density at radius 1 is 1.12 bits per heavy atom. The van der Waals surface area contributed by atoms with Crippen molar-refractivity contribution in [2.45, 2.75) is 71.0 Å². The van der Waals surface area contributed by atoms with Crippen molar-refractivity contribution in [3.05, 3.63) is 71.8 Å². The molecule has 7 heteroatoms. The number of hydrogen-bond donors (Lipinski definition) is 1. The molecular weight excluding hydrogens is 441 g/mol. The van der Waals surface area contributed by atoms with Crippen LogP contribution in [0.4, 0.5) is 13.2 Å². The normalized spacial score (nSPS) is 13.1. The van der Waals surface area contributed by atoms with E-state index in [1.165, 1.54) is 17.7 Å². The molecule has 0 aliphatic heterocycles. The minimum Gasteiger partial charge on any atom is -0.350 e. The smallest absolute Gasteiger partial charge is 0.350 e. The Morgan fingerprint density at radius 2 is 1.79 bits per heavy atom. The summed E-state index contributed by atoms with van der Waals surface area (Å²) in [6, 6.07) is 4.32. The van der Waals surface area contributed by atoms with Crippen LogP contribution in [0.5, 0.6) is 0 Å². The van der Waals surface area contributed by atoms with Gasteiger partial charge < -0.3 is 10.2 Å². The Kier molecular flexibility index (Phi) is 13.0. The van der Waals surface area contributed by atoms with E-state index in [2.05, 4.69) is 31.0 Å². The number of carbonyl (C=O) groups excluding carboxylic acids is 2. The fraction of sp³-hybridized carbons (Fsp3) is 0.481. The van der Waals surface area contributed by atoms with Crippen LogP contribution in [0.25, 0.3) is 0 Å². The lowest BCUT2D eigenvalue weighted by atomic mass is 10.1. The summed E-state index contributed by atoms with van der Waals surface area (Å²) in [5, 5.41) is 2.77. The van der Waals surface area contributed by atoms with Crippen LogP contribution in [0, 0.1) is 0 Å². The maximum absolute atomic E-state index is 12.7. The van der Waals surface area contributed by atoms with Crippen molar-refractivity contribution in [3.8, 4) is 0 Å². The summed E-state index contributed by atoms with van der Waals surface area (Å²) < 4.78 is 38.0. The van der Waals surface area contributed by atoms with Gasteiger partial charge in [0, 0.05) is 26.4 Å². The average molecular weight is 479 g/mol. The minimum absolute atomic E-state index is 0.000433. The summed E-state index contributed by atoms with van der Waals surface area (Å²) in [5.41, 5.74) is 1.24. The number of benzene rings is 1. The molecule has 1 rings (SSSR count). The standard InChI is InChI=1S/C27H37F3N2O2/c1-5-7-8-9-12-22(6-2)13-11-20-32(4)26(34)15-10-14-25(33)31-21(3)23-16-18-24(19-17-23)27(28,29)30/h5,7-8,12,16-19,21H,1,6,9-11,13-15,20H2,2-4H3,(H,31,33)/b8-7-,22-12+. The molecule has 4 nitrogen and oxygen atoms in total. The maximum Gasteiger partial charge on any atom is 0.416 e. The Morgan fingerprint density at radius 3 is 2.38 bits per heavy atom. The van der Waals surface area contributed by atoms with Gasteiger partial charge in [0.1, 0.15) is 0 Å². The highest BCUT2D eigenvalue weighted by Gasteiger charge is 2.30. The molecule has 0 aliphatic rings. The van der Waals surface area contributed by atoms with Crippen molar-refractivity contribution in [1.29, 1.82) is 0 Å². The highest BCUT2D eigenvalue weighted by molar-refractivity contribution is 5.79. The second kappa shape index (κ2) is 15.1. The first-order chi connectivity index (χ1) is 16.1. The van der Waals surface area contributed by atoms with Crippen LogP contribution >= 0.6 is 0 Å². The van der Waals surface area contributed by atoms with Crippen molar-refractivity contribution in [2.75, 3.05) is 13.6 Å². The Labute approximate surface area is 201 Å². The molecule has 1 N–H and O–H groups in total. The van der Waals surface area contributed by atoms with Crippen molar-refractivity contribution < 1.29 is 22.8 Å². The van der Waals surface area contributed by atoms with E-state index in [-0.39, 0.29) is 24.7 Å². The van der Waals surface area contributed by atoms with E-state index in [1.54, 1.807) is 24.9 Å². The van der Waals surface area contributed by atoms with Gasteiger partial charge in [-0.25, -0.2) is 0 Å². The molecule has 2 amide bonds. The second-order valence-electron chi connectivity index (χ2n) is 8.30. The first-order valence-electron chi connectivity index (χ1n) is 11.7. The van der Waals surface area contributed by atoms with Gasteiger partial charge in [-0.1, -0.05) is 55.5 Å². The van der Waals surface area contributed by atoms with Gasteiger partial charge in [0.2, 0.25) is 11.8 Å². The van der Waals surface area contributed by atoms with E-state index < -0.39 is 17.8 Å². The average Bonchev–Trinajstić information content (AvgIpc) is 2.79. The van der Waals surface area contributed by atoms with E-state index in [0.717, 1.165) is 37.8 Å². The van der Waals surface area contributed by atoms with Gasteiger partial charge in [-0.15, -0.1) is 0 Å². The van der Waals surface area contributed by atoms with Crippen LogP contribution in [0.2, 0.25) is 0 Å². The number of amides is 2. The third kappa shape index (κ3) is 11.3. The van der Waals surface area contributed by atoms with E-state index in [9.17, 15) is 22.8 Å². The van der Waals surface area contributed by atoms with E-state index in [1.807, 2.05) is 6.08 Å². The molecule has 0 heterocycles. The van der Waals surface area contributed by atoms with Crippen LogP contribution < -0.4 is 5.32 Å². The number of hydrogen-bond acceptors (Lipinski definition) is 2. The minimum atomic E-state index is -4.39. The lowest BCUT2D eigenvalue weighted by Crippen LogP contribution is -2.29. The topological polar surface area (TPSA) is 49.4 Å². The second-order valence-corrected chi connectivity index (χ2v) is 8.30. The maximum atomic E-state index is 12.7. The van der Waals surface area contributed by atoms with E-state index in [4.69, 9.17) is 0 Å². The molecule has 1 unspecified atom stereocenters. The van der Waals surface area contributed by atoms with Gasteiger partial charge in [0.05, 0.1) is 11.6 Å². The summed E-state index contributed by atoms with van der Waals surface area (Å²) in [4.78, 5) is 26.2. The fourth-order valence-corrected chi connectivity index (χ4v) is 3.45. The lowest BCUT2D eigenvalue weighted by Gasteiger charge is -2.18. The van der Waals surface area contributed by atoms with Gasteiger partial charge in [-0.3, -0.25) is 9.59 Å². The molecule has 188 valence electrons. The Hall–Kier alpha value is -2.83. The zero-order chi connectivity index (χ0) is 25.6. The summed E-state index contributed by atoms with van der Waals surface area (Å²) in [6.45, 7) is 8.15. The molecule has 34 heavy (non-hydrogen) atoms. The molecule has 0 aromatic heterocycles. The highest BCUT2D eigenvalue weighted by atomic mass is 19.4. The predicted octanol–water partition coefficient (Wildman–Crippen LogP) is 6.76. The van der Waals surface area contributed by atoms with Gasteiger partial charge >= 0.3 is 6.18 Å². The molecule has 0 aliphatic carbocycles. The molecule has 1 aromatic carbocycles. The lowest BCUT2D eigenvalue weighted by molar-refractivity contribution is -0.137. The molecule has 0 spiro atoms. The number of allylic oxidation sites excluding steroid dienone is 5. The molecule has 0 saturated carbocycles. The van der Waals surface area contributed by atoms with Crippen LogP contribution in [-0.4, -0.2) is 30.3 Å². The first kappa shape index (κ1) is 29.2. The number of halogens is 3. The summed E-state index contributed by atoms with van der Waals surface area (Å²) in [7, 11) is 1.78. The third-order valence-electron chi connectivity index (χ3n) is 5.60. The monoisotopic (exact) mass is 478 g/mol. The van der Waals surface area contributed by atoms with Gasteiger partial charge in [-0.05, 0) is 56.7 Å². The first-order valence-corrected chi connectivity index (χ1v) is 11.7. The van der Waals surface area contributed by atoms with Crippen LogP contribution in [0.3, 0.4) is 0 Å². The molecular formula is C27H37F3N2O2. The van der Waals surface area contributed by atoms with Gasteiger partial charge in [0.15, 0.2) is 0 Å². The van der Waals surface area contributed by atoms with Crippen molar-refractivity contribution in [3.63, 3.8) is 0 Å². The molecule has 0 radical (unpaired) electrons. The van der Waals surface area contributed by atoms with Crippen molar-refractivity contribution >= 4 is 11.8 Å². The number of alkyl halides is 3. The van der Waals surface area contributed by atoms with Crippen LogP contribution in [0.15, 0.2) is 60.7 Å². The van der Waals surface area contributed by atoms with Crippen LogP contribution in [0.1, 0.15) is 76.0 Å². The number of carbonyl (C=O) groups is 2. The third-order valence-corrected chi connectivity index (χ3v) is 5.60. The number of nitrogens with one attached hydrogen (secondary N) is 1. The predicted molar refractivity (Wildman–Crippen MR) is 131 cm³/mol. The Balaban J connectivity index is 2.33. The zero-order valence-corrected chi connectivity index (χ0v) is 20.5. The molecule has 1 atom stereocenters. The molecule has 1 aromatic rings. The van der Waals surface area contributed by atoms with Gasteiger partial charge in [-0.2, -0.15) is 13.2 Å². The number of nitrogens with zero attached hydrogens (tertiary/aromatic N) is 1. The van der Waals surface area contributed by atoms with Crippen molar-refractivity contribution in [2.24, 2.45) is 0 Å². The largest absolute Gasteiger partial charge is 0.416 e. The quantitative estimate of drug-likeness (QED) is 0.237. The SMILES string of the molecule is C=C/C=C\C/C=C(\CC)CCCN(C)C(=O)CCCC(=O)NC(C)c1ccc(C(F)(F)F)cc1. The highest BCUT2D eigenvalue weighted by Crippen LogP contribution is 2.29. The molecule has 0 bridgehead atoms. The van der Waals surface area contributed by atoms with Crippen LogP contribution in [-0.2, 0) is 15.8 Å². The Bertz CT molecular complexity index is 842. The van der Waals surface area contributed by atoms with E-state index >= 15 is 0 Å². The zero-order valence-electron chi connectivity index (χ0n) is 20.5. The number of rotatable bonds is 14. The summed E-state index contributed by atoms with van der Waals surface area (Å²) in [5.74, 6) is -0.231.